The average Bonchev–Trinajstić information content (AvgIpc) is 2.62. The fraction of sp³-hybridized carbons (Fsp3) is 0.278. The van der Waals surface area contributed by atoms with Crippen molar-refractivity contribution < 1.29 is 22.3 Å². The SMILES string of the molecule is CN=C(NCc1ccc(F)cc1)NCc1ccc(OC)cc1C(F)(F)F.I. The van der Waals surface area contributed by atoms with E-state index in [-0.39, 0.29) is 47.7 Å². The van der Waals surface area contributed by atoms with E-state index in [1.165, 1.54) is 38.4 Å². The number of halogens is 5. The maximum absolute atomic E-state index is 13.2. The van der Waals surface area contributed by atoms with E-state index in [0.29, 0.717) is 12.5 Å². The summed E-state index contributed by atoms with van der Waals surface area (Å²) >= 11 is 0. The number of nitrogens with zero attached hydrogens (tertiary/aromatic N) is 1. The van der Waals surface area contributed by atoms with Crippen molar-refractivity contribution in [2.45, 2.75) is 19.3 Å². The molecule has 0 saturated carbocycles. The number of aliphatic imine (C=N–C) groups is 1. The van der Waals surface area contributed by atoms with Crippen molar-refractivity contribution in [2.75, 3.05) is 14.2 Å². The summed E-state index contributed by atoms with van der Waals surface area (Å²) in [5.74, 6) is 0.133. The predicted molar refractivity (Wildman–Crippen MR) is 107 cm³/mol. The van der Waals surface area contributed by atoms with Crippen molar-refractivity contribution in [3.63, 3.8) is 0 Å². The molecule has 0 aromatic heterocycles. The number of guanidine groups is 1. The second-order valence-electron chi connectivity index (χ2n) is 5.43. The van der Waals surface area contributed by atoms with Crippen LogP contribution in [0.25, 0.3) is 0 Å². The summed E-state index contributed by atoms with van der Waals surface area (Å²) in [5.41, 5.74) is 0.121. The molecule has 2 N–H and O–H groups in total. The maximum Gasteiger partial charge on any atom is 0.416 e. The van der Waals surface area contributed by atoms with Crippen LogP contribution in [0.15, 0.2) is 47.5 Å². The fourth-order valence-corrected chi connectivity index (χ4v) is 2.29. The molecule has 27 heavy (non-hydrogen) atoms. The molecule has 0 bridgehead atoms. The van der Waals surface area contributed by atoms with Crippen molar-refractivity contribution in [3.8, 4) is 5.75 Å². The van der Waals surface area contributed by atoms with Gasteiger partial charge in [0.05, 0.1) is 12.7 Å². The van der Waals surface area contributed by atoms with E-state index in [9.17, 15) is 17.6 Å². The molecule has 0 radical (unpaired) electrons. The van der Waals surface area contributed by atoms with Crippen LogP contribution in [0.4, 0.5) is 17.6 Å². The lowest BCUT2D eigenvalue weighted by atomic mass is 10.1. The summed E-state index contributed by atoms with van der Waals surface area (Å²) in [7, 11) is 2.83. The normalized spacial score (nSPS) is 11.6. The molecular weight excluding hydrogens is 477 g/mol. The third-order valence-corrected chi connectivity index (χ3v) is 3.67. The second-order valence-corrected chi connectivity index (χ2v) is 5.43. The molecule has 2 aromatic rings. The van der Waals surface area contributed by atoms with Crippen LogP contribution in [-0.2, 0) is 19.3 Å². The third kappa shape index (κ3) is 6.89. The quantitative estimate of drug-likeness (QED) is 0.280. The molecule has 4 nitrogen and oxygen atoms in total. The molecule has 9 heteroatoms. The zero-order valence-electron chi connectivity index (χ0n) is 14.7. The Morgan fingerprint density at radius 3 is 2.22 bits per heavy atom. The third-order valence-electron chi connectivity index (χ3n) is 3.67. The van der Waals surface area contributed by atoms with Gasteiger partial charge in [-0.3, -0.25) is 4.99 Å². The van der Waals surface area contributed by atoms with Gasteiger partial charge in [-0.1, -0.05) is 18.2 Å². The van der Waals surface area contributed by atoms with Crippen LogP contribution >= 0.6 is 24.0 Å². The number of benzene rings is 2. The van der Waals surface area contributed by atoms with Crippen LogP contribution < -0.4 is 15.4 Å². The molecule has 0 atom stereocenters. The molecule has 0 spiro atoms. The summed E-state index contributed by atoms with van der Waals surface area (Å²) in [6.07, 6.45) is -4.49. The van der Waals surface area contributed by atoms with Crippen molar-refractivity contribution in [1.29, 1.82) is 0 Å². The number of rotatable bonds is 5. The highest BCUT2D eigenvalue weighted by Crippen LogP contribution is 2.34. The molecule has 0 heterocycles. The van der Waals surface area contributed by atoms with Gasteiger partial charge in [-0.2, -0.15) is 13.2 Å². The van der Waals surface area contributed by atoms with E-state index >= 15 is 0 Å². The van der Waals surface area contributed by atoms with Gasteiger partial charge in [0.25, 0.3) is 0 Å². The zero-order valence-corrected chi connectivity index (χ0v) is 17.1. The highest BCUT2D eigenvalue weighted by molar-refractivity contribution is 14.0. The fourth-order valence-electron chi connectivity index (χ4n) is 2.29. The summed E-state index contributed by atoms with van der Waals surface area (Å²) in [4.78, 5) is 3.98. The smallest absolute Gasteiger partial charge is 0.416 e. The Morgan fingerprint density at radius 2 is 1.67 bits per heavy atom. The standard InChI is InChI=1S/C18H19F4N3O.HI/c1-23-17(24-10-12-3-6-14(19)7-4-12)25-11-13-5-8-15(26-2)9-16(13)18(20,21)22;/h3-9H,10-11H2,1-2H3,(H2,23,24,25);1H. The van der Waals surface area contributed by atoms with Crippen LogP contribution in [0, 0.1) is 5.82 Å². The molecule has 0 fully saturated rings. The van der Waals surface area contributed by atoms with Gasteiger partial charge >= 0.3 is 6.18 Å². The predicted octanol–water partition coefficient (Wildman–Crippen LogP) is 4.34. The Labute approximate surface area is 172 Å². The van der Waals surface area contributed by atoms with Crippen molar-refractivity contribution in [2.24, 2.45) is 4.99 Å². The minimum absolute atomic E-state index is 0. The molecule has 0 aliphatic carbocycles. The Balaban J connectivity index is 0.00000364. The van der Waals surface area contributed by atoms with Gasteiger partial charge in [0, 0.05) is 20.1 Å². The molecule has 2 rings (SSSR count). The molecule has 0 amide bonds. The number of nitrogens with one attached hydrogen (secondary N) is 2. The monoisotopic (exact) mass is 497 g/mol. The molecule has 0 aliphatic heterocycles. The van der Waals surface area contributed by atoms with Gasteiger partial charge in [-0.25, -0.2) is 4.39 Å². The number of hydrogen-bond donors (Lipinski definition) is 2. The molecular formula is C18H20F4IN3O. The first kappa shape index (κ1) is 23.0. The first-order chi connectivity index (χ1) is 12.3. The van der Waals surface area contributed by atoms with Crippen LogP contribution in [0.3, 0.4) is 0 Å². The number of methoxy groups -OCH3 is 1. The lowest BCUT2D eigenvalue weighted by Gasteiger charge is -2.16. The van der Waals surface area contributed by atoms with Crippen LogP contribution in [-0.4, -0.2) is 20.1 Å². The highest BCUT2D eigenvalue weighted by Gasteiger charge is 2.33. The highest BCUT2D eigenvalue weighted by atomic mass is 127. The van der Waals surface area contributed by atoms with Crippen LogP contribution in [0.1, 0.15) is 16.7 Å². The van der Waals surface area contributed by atoms with Gasteiger partial charge < -0.3 is 15.4 Å². The van der Waals surface area contributed by atoms with E-state index in [1.54, 1.807) is 12.1 Å². The van der Waals surface area contributed by atoms with E-state index in [1.807, 2.05) is 0 Å². The van der Waals surface area contributed by atoms with Crippen molar-refractivity contribution in [3.05, 3.63) is 65.0 Å². The second kappa shape index (κ2) is 10.3. The molecule has 0 aliphatic rings. The molecule has 0 saturated heterocycles. The lowest BCUT2D eigenvalue weighted by Crippen LogP contribution is -2.36. The molecule has 148 valence electrons. The Hall–Kier alpha value is -2.04. The minimum Gasteiger partial charge on any atom is -0.497 e. The van der Waals surface area contributed by atoms with Gasteiger partial charge in [0.15, 0.2) is 5.96 Å². The Kier molecular flexibility index (Phi) is 8.80. The van der Waals surface area contributed by atoms with Crippen molar-refractivity contribution in [1.82, 2.24) is 10.6 Å². The first-order valence-corrected chi connectivity index (χ1v) is 7.76. The summed E-state index contributed by atoms with van der Waals surface area (Å²) in [6, 6.07) is 9.69. The maximum atomic E-state index is 13.2. The van der Waals surface area contributed by atoms with Crippen molar-refractivity contribution >= 4 is 29.9 Å². The Morgan fingerprint density at radius 1 is 1.04 bits per heavy atom. The van der Waals surface area contributed by atoms with Gasteiger partial charge in [-0.15, -0.1) is 24.0 Å². The zero-order chi connectivity index (χ0) is 19.2. The lowest BCUT2D eigenvalue weighted by molar-refractivity contribution is -0.138. The topological polar surface area (TPSA) is 45.7 Å². The number of hydrogen-bond acceptors (Lipinski definition) is 2. The van der Waals surface area contributed by atoms with E-state index < -0.39 is 11.7 Å². The summed E-state index contributed by atoms with van der Waals surface area (Å²) in [5, 5.41) is 5.81. The Bertz CT molecular complexity index is 764. The molecule has 0 unspecified atom stereocenters. The first-order valence-electron chi connectivity index (χ1n) is 7.76. The van der Waals surface area contributed by atoms with E-state index in [4.69, 9.17) is 4.74 Å². The van der Waals surface area contributed by atoms with Gasteiger partial charge in [0.1, 0.15) is 11.6 Å². The van der Waals surface area contributed by atoms with E-state index in [0.717, 1.165) is 11.6 Å². The summed E-state index contributed by atoms with van der Waals surface area (Å²) in [6.45, 7) is 0.288. The molecule has 2 aromatic carbocycles. The average molecular weight is 497 g/mol. The minimum atomic E-state index is -4.49. The van der Waals surface area contributed by atoms with Crippen LogP contribution in [0.5, 0.6) is 5.75 Å². The van der Waals surface area contributed by atoms with Crippen LogP contribution in [0.2, 0.25) is 0 Å². The largest absolute Gasteiger partial charge is 0.497 e. The van der Waals surface area contributed by atoms with E-state index in [2.05, 4.69) is 15.6 Å². The summed E-state index contributed by atoms with van der Waals surface area (Å²) < 4.78 is 57.4. The van der Waals surface area contributed by atoms with Gasteiger partial charge in [-0.05, 0) is 35.4 Å². The number of ether oxygens (including phenoxy) is 1. The van der Waals surface area contributed by atoms with Gasteiger partial charge in [0.2, 0.25) is 0 Å². The number of alkyl halides is 3.